The van der Waals surface area contributed by atoms with Gasteiger partial charge in [0.15, 0.2) is 11.5 Å². The summed E-state index contributed by atoms with van der Waals surface area (Å²) in [7, 11) is 0. The molecule has 0 saturated carbocycles. The lowest BCUT2D eigenvalue weighted by molar-refractivity contribution is 0.174. The SMILES string of the molecule is O=S([O-])NCc1ccc2c(c1)OCO2. The van der Waals surface area contributed by atoms with Gasteiger partial charge in [-0.05, 0) is 17.7 Å². The first-order chi connectivity index (χ1) is 6.75. The number of fused-ring (bicyclic) bond motifs is 1. The van der Waals surface area contributed by atoms with E-state index in [1.54, 1.807) is 18.2 Å². The van der Waals surface area contributed by atoms with Crippen molar-refractivity contribution in [2.24, 2.45) is 0 Å². The van der Waals surface area contributed by atoms with Gasteiger partial charge in [0.25, 0.3) is 0 Å². The monoisotopic (exact) mass is 214 g/mol. The molecule has 0 amide bonds. The van der Waals surface area contributed by atoms with Crippen molar-refractivity contribution < 1.29 is 18.2 Å². The summed E-state index contributed by atoms with van der Waals surface area (Å²) in [5.74, 6) is 1.35. The minimum atomic E-state index is -2.24. The molecule has 0 spiro atoms. The van der Waals surface area contributed by atoms with Crippen molar-refractivity contribution in [1.29, 1.82) is 0 Å². The van der Waals surface area contributed by atoms with Crippen LogP contribution in [0.2, 0.25) is 0 Å². The molecule has 6 heteroatoms. The summed E-state index contributed by atoms with van der Waals surface area (Å²) in [6.45, 7) is 0.479. The van der Waals surface area contributed by atoms with Crippen LogP contribution in [0.3, 0.4) is 0 Å². The molecule has 1 aliphatic heterocycles. The summed E-state index contributed by atoms with van der Waals surface area (Å²) in [6.07, 6.45) is 0. The molecular formula is C8H8NO4S-. The van der Waals surface area contributed by atoms with Gasteiger partial charge in [0.2, 0.25) is 6.79 Å². The zero-order valence-corrected chi connectivity index (χ0v) is 8.00. The highest BCUT2D eigenvalue weighted by Gasteiger charge is 2.12. The van der Waals surface area contributed by atoms with E-state index in [9.17, 15) is 8.76 Å². The largest absolute Gasteiger partial charge is 0.760 e. The van der Waals surface area contributed by atoms with Crippen LogP contribution in [-0.2, 0) is 17.8 Å². The third-order valence-corrected chi connectivity index (χ3v) is 2.21. The molecule has 1 unspecified atom stereocenters. The fourth-order valence-corrected chi connectivity index (χ4v) is 1.48. The number of ether oxygens (including phenoxy) is 2. The molecule has 0 fully saturated rings. The van der Waals surface area contributed by atoms with Crippen LogP contribution in [0.4, 0.5) is 0 Å². The molecule has 76 valence electrons. The number of nitrogens with one attached hydrogen (secondary N) is 1. The smallest absolute Gasteiger partial charge is 0.231 e. The quantitative estimate of drug-likeness (QED) is 0.734. The Bertz CT molecular complexity index is 368. The van der Waals surface area contributed by atoms with Gasteiger partial charge < -0.3 is 14.0 Å². The van der Waals surface area contributed by atoms with E-state index in [0.29, 0.717) is 11.5 Å². The maximum Gasteiger partial charge on any atom is 0.231 e. The first-order valence-electron chi connectivity index (χ1n) is 3.97. The first kappa shape index (κ1) is 9.45. The van der Waals surface area contributed by atoms with Crippen molar-refractivity contribution in [3.63, 3.8) is 0 Å². The van der Waals surface area contributed by atoms with E-state index in [2.05, 4.69) is 4.72 Å². The van der Waals surface area contributed by atoms with Crippen molar-refractivity contribution in [3.8, 4) is 11.5 Å². The molecule has 1 aliphatic rings. The molecule has 14 heavy (non-hydrogen) atoms. The summed E-state index contributed by atoms with van der Waals surface area (Å²) >= 11 is -2.24. The minimum absolute atomic E-state index is 0.222. The lowest BCUT2D eigenvalue weighted by Gasteiger charge is -2.07. The molecular weight excluding hydrogens is 206 g/mol. The highest BCUT2D eigenvalue weighted by atomic mass is 32.2. The van der Waals surface area contributed by atoms with E-state index in [-0.39, 0.29) is 13.3 Å². The van der Waals surface area contributed by atoms with Crippen LogP contribution in [0.15, 0.2) is 18.2 Å². The van der Waals surface area contributed by atoms with Crippen LogP contribution in [0.1, 0.15) is 5.56 Å². The van der Waals surface area contributed by atoms with Crippen LogP contribution < -0.4 is 14.2 Å². The Morgan fingerprint density at radius 2 is 2.21 bits per heavy atom. The van der Waals surface area contributed by atoms with Gasteiger partial charge in [-0.2, -0.15) is 0 Å². The Kier molecular flexibility index (Phi) is 2.67. The van der Waals surface area contributed by atoms with Gasteiger partial charge in [-0.3, -0.25) is 4.21 Å². The second-order valence-corrected chi connectivity index (χ2v) is 3.50. The van der Waals surface area contributed by atoms with Gasteiger partial charge >= 0.3 is 0 Å². The number of rotatable bonds is 3. The Labute approximate surface area is 83.4 Å². The van der Waals surface area contributed by atoms with Crippen LogP contribution in [0.25, 0.3) is 0 Å². The Morgan fingerprint density at radius 1 is 1.43 bits per heavy atom. The topological polar surface area (TPSA) is 70.6 Å². The van der Waals surface area contributed by atoms with Crippen LogP contribution in [0, 0.1) is 0 Å². The average molecular weight is 214 g/mol. The molecule has 1 aromatic rings. The average Bonchev–Trinajstić information content (AvgIpc) is 2.61. The van der Waals surface area contributed by atoms with Gasteiger partial charge in [0.05, 0.1) is 0 Å². The zero-order valence-electron chi connectivity index (χ0n) is 7.19. The molecule has 1 atom stereocenters. The lowest BCUT2D eigenvalue weighted by atomic mass is 10.2. The van der Waals surface area contributed by atoms with E-state index in [1.807, 2.05) is 0 Å². The Hall–Kier alpha value is -1.11. The molecule has 1 aromatic carbocycles. The van der Waals surface area contributed by atoms with Crippen LogP contribution in [0.5, 0.6) is 11.5 Å². The van der Waals surface area contributed by atoms with E-state index < -0.39 is 11.3 Å². The third kappa shape index (κ3) is 2.03. The van der Waals surface area contributed by atoms with Gasteiger partial charge in [-0.1, -0.05) is 6.07 Å². The van der Waals surface area contributed by atoms with Crippen molar-refractivity contribution in [1.82, 2.24) is 4.72 Å². The highest BCUT2D eigenvalue weighted by molar-refractivity contribution is 7.77. The molecule has 0 bridgehead atoms. The van der Waals surface area contributed by atoms with Crippen LogP contribution >= 0.6 is 0 Å². The van der Waals surface area contributed by atoms with E-state index in [4.69, 9.17) is 9.47 Å². The second kappa shape index (κ2) is 3.95. The summed E-state index contributed by atoms with van der Waals surface area (Å²) < 4.78 is 33.0. The lowest BCUT2D eigenvalue weighted by Crippen LogP contribution is -2.15. The van der Waals surface area contributed by atoms with E-state index >= 15 is 0 Å². The second-order valence-electron chi connectivity index (χ2n) is 2.74. The summed E-state index contributed by atoms with van der Waals surface area (Å²) in [5.41, 5.74) is 0.832. The summed E-state index contributed by atoms with van der Waals surface area (Å²) in [6, 6.07) is 5.29. The predicted molar refractivity (Wildman–Crippen MR) is 48.3 cm³/mol. The minimum Gasteiger partial charge on any atom is -0.760 e. The fourth-order valence-electron chi connectivity index (χ4n) is 1.19. The number of benzene rings is 1. The Balaban J connectivity index is 2.09. The summed E-state index contributed by atoms with van der Waals surface area (Å²) in [5, 5.41) is 0. The number of hydrogen-bond acceptors (Lipinski definition) is 4. The van der Waals surface area contributed by atoms with Crippen molar-refractivity contribution in [2.45, 2.75) is 6.54 Å². The van der Waals surface area contributed by atoms with Gasteiger partial charge in [-0.25, -0.2) is 4.72 Å². The third-order valence-electron chi connectivity index (χ3n) is 1.83. The molecule has 0 radical (unpaired) electrons. The molecule has 0 saturated heterocycles. The summed E-state index contributed by atoms with van der Waals surface area (Å²) in [4.78, 5) is 0. The maximum absolute atomic E-state index is 10.2. The van der Waals surface area contributed by atoms with Crippen molar-refractivity contribution in [3.05, 3.63) is 23.8 Å². The molecule has 2 rings (SSSR count). The van der Waals surface area contributed by atoms with Gasteiger partial charge in [0, 0.05) is 17.8 Å². The van der Waals surface area contributed by atoms with Gasteiger partial charge in [-0.15, -0.1) is 0 Å². The van der Waals surface area contributed by atoms with Crippen molar-refractivity contribution in [2.75, 3.05) is 6.79 Å². The Morgan fingerprint density at radius 3 is 3.00 bits per heavy atom. The zero-order chi connectivity index (χ0) is 9.97. The fraction of sp³-hybridized carbons (Fsp3) is 0.250. The molecule has 1 heterocycles. The van der Waals surface area contributed by atoms with Crippen molar-refractivity contribution >= 4 is 11.3 Å². The molecule has 5 nitrogen and oxygen atoms in total. The predicted octanol–water partition coefficient (Wildman–Crippen LogP) is 0.299. The standard InChI is InChI=1S/C8H9NO4S/c10-14(11)9-4-6-1-2-7-8(3-6)13-5-12-7/h1-3,9H,4-5H2,(H,10,11)/p-1. The normalized spacial score (nSPS) is 15.5. The van der Waals surface area contributed by atoms with E-state index in [0.717, 1.165) is 5.56 Å². The van der Waals surface area contributed by atoms with E-state index in [1.165, 1.54) is 0 Å². The van der Waals surface area contributed by atoms with Gasteiger partial charge in [0.1, 0.15) is 0 Å². The number of hydrogen-bond donors (Lipinski definition) is 1. The first-order valence-corrected chi connectivity index (χ1v) is 5.04. The maximum atomic E-state index is 10.2. The van der Waals surface area contributed by atoms with Crippen LogP contribution in [-0.4, -0.2) is 15.6 Å². The molecule has 0 aliphatic carbocycles. The highest BCUT2D eigenvalue weighted by Crippen LogP contribution is 2.32. The molecule has 1 N–H and O–H groups in total. The molecule has 0 aromatic heterocycles.